The first-order valence-corrected chi connectivity index (χ1v) is 5.55. The number of aryl methyl sites for hydroxylation is 1. The van der Waals surface area contributed by atoms with E-state index in [1.807, 2.05) is 4.90 Å². The molecule has 1 aliphatic rings. The zero-order chi connectivity index (χ0) is 12.4. The Kier molecular flexibility index (Phi) is 3.31. The lowest BCUT2D eigenvalue weighted by molar-refractivity contribution is 0.0762. The van der Waals surface area contributed by atoms with Crippen molar-refractivity contribution in [2.75, 3.05) is 30.3 Å². The Morgan fingerprint density at radius 2 is 2.35 bits per heavy atom. The van der Waals surface area contributed by atoms with E-state index >= 15 is 0 Å². The fourth-order valence-corrected chi connectivity index (χ4v) is 1.90. The molecule has 1 fully saturated rings. The summed E-state index contributed by atoms with van der Waals surface area (Å²) in [7, 11) is 0. The molecule has 7 heteroatoms. The molecule has 0 aliphatic carbocycles. The van der Waals surface area contributed by atoms with Gasteiger partial charge in [0.2, 0.25) is 5.28 Å². The number of nitriles is 1. The largest absolute Gasteiger partial charge is 0.394 e. The van der Waals surface area contributed by atoms with Gasteiger partial charge in [0, 0.05) is 6.54 Å². The van der Waals surface area contributed by atoms with Gasteiger partial charge in [-0.1, -0.05) is 0 Å². The summed E-state index contributed by atoms with van der Waals surface area (Å²) in [6.45, 7) is 3.32. The van der Waals surface area contributed by atoms with Crippen LogP contribution in [0.2, 0.25) is 5.28 Å². The molecule has 1 aliphatic heterocycles. The number of ether oxygens (including phenoxy) is 1. The summed E-state index contributed by atoms with van der Waals surface area (Å²) in [5, 5.41) is 9.00. The van der Waals surface area contributed by atoms with Crippen molar-refractivity contribution in [3.8, 4) is 6.07 Å². The highest BCUT2D eigenvalue weighted by Gasteiger charge is 2.23. The molecule has 1 atom stereocenters. The predicted molar refractivity (Wildman–Crippen MR) is 63.8 cm³/mol. The van der Waals surface area contributed by atoms with Crippen molar-refractivity contribution in [1.29, 1.82) is 5.26 Å². The molecule has 0 spiro atoms. The molecule has 90 valence electrons. The molecule has 0 amide bonds. The minimum Gasteiger partial charge on any atom is -0.394 e. The Hall–Kier alpha value is -1.58. The number of morpholine rings is 1. The number of hydrogen-bond donors (Lipinski definition) is 1. The average molecular weight is 254 g/mol. The van der Waals surface area contributed by atoms with Crippen LogP contribution in [0.25, 0.3) is 0 Å². The summed E-state index contributed by atoms with van der Waals surface area (Å²) in [6, 6.07) is 2.07. The van der Waals surface area contributed by atoms with Gasteiger partial charge in [-0.05, 0) is 18.5 Å². The van der Waals surface area contributed by atoms with Crippen LogP contribution in [0.1, 0.15) is 5.69 Å². The van der Waals surface area contributed by atoms with Gasteiger partial charge in [0.1, 0.15) is 0 Å². The van der Waals surface area contributed by atoms with Crippen LogP contribution in [0.3, 0.4) is 0 Å². The van der Waals surface area contributed by atoms with Crippen molar-refractivity contribution >= 4 is 23.1 Å². The second-order valence-corrected chi connectivity index (χ2v) is 4.09. The fraction of sp³-hybridized carbons (Fsp3) is 0.500. The summed E-state index contributed by atoms with van der Waals surface area (Å²) in [5.41, 5.74) is 7.05. The number of nitrogens with zero attached hydrogens (tertiary/aromatic N) is 4. The maximum absolute atomic E-state index is 8.84. The standard InChI is InChI=1S/C10H12ClN5O/c1-6-8(13)9(15-10(11)14-6)16-2-3-17-7(4-12)5-16/h7H,2-3,5,13H2,1H3. The minimum absolute atomic E-state index is 0.159. The first-order valence-electron chi connectivity index (χ1n) is 5.17. The Morgan fingerprint density at radius 1 is 1.59 bits per heavy atom. The third kappa shape index (κ3) is 2.40. The van der Waals surface area contributed by atoms with Crippen molar-refractivity contribution in [2.45, 2.75) is 13.0 Å². The van der Waals surface area contributed by atoms with Crippen molar-refractivity contribution in [1.82, 2.24) is 9.97 Å². The van der Waals surface area contributed by atoms with Crippen LogP contribution >= 0.6 is 11.6 Å². The molecule has 0 aromatic carbocycles. The molecule has 1 aromatic rings. The quantitative estimate of drug-likeness (QED) is 0.743. The number of nitrogens with two attached hydrogens (primary N) is 1. The Balaban J connectivity index is 2.31. The topological polar surface area (TPSA) is 88.1 Å². The van der Waals surface area contributed by atoms with Gasteiger partial charge in [-0.15, -0.1) is 0 Å². The van der Waals surface area contributed by atoms with Crippen molar-refractivity contribution in [3.05, 3.63) is 11.0 Å². The van der Waals surface area contributed by atoms with Gasteiger partial charge in [-0.3, -0.25) is 0 Å². The van der Waals surface area contributed by atoms with Crippen LogP contribution in [-0.2, 0) is 4.74 Å². The van der Waals surface area contributed by atoms with Gasteiger partial charge < -0.3 is 15.4 Å². The molecule has 1 unspecified atom stereocenters. The number of anilines is 2. The van der Waals surface area contributed by atoms with E-state index < -0.39 is 6.10 Å². The van der Waals surface area contributed by atoms with E-state index in [1.165, 1.54) is 0 Å². The Bertz CT molecular complexity index is 472. The van der Waals surface area contributed by atoms with Crippen LogP contribution in [0.5, 0.6) is 0 Å². The van der Waals surface area contributed by atoms with Crippen molar-refractivity contribution in [3.63, 3.8) is 0 Å². The maximum atomic E-state index is 8.84. The van der Waals surface area contributed by atoms with E-state index in [9.17, 15) is 0 Å². The van der Waals surface area contributed by atoms with E-state index in [4.69, 9.17) is 27.3 Å². The lowest BCUT2D eigenvalue weighted by Crippen LogP contribution is -2.42. The fourth-order valence-electron chi connectivity index (χ4n) is 1.69. The zero-order valence-electron chi connectivity index (χ0n) is 9.35. The lowest BCUT2D eigenvalue weighted by atomic mass is 10.2. The lowest BCUT2D eigenvalue weighted by Gasteiger charge is -2.31. The molecule has 0 saturated carbocycles. The van der Waals surface area contributed by atoms with Gasteiger partial charge >= 0.3 is 0 Å². The molecule has 0 radical (unpaired) electrons. The van der Waals surface area contributed by atoms with E-state index in [0.29, 0.717) is 36.9 Å². The van der Waals surface area contributed by atoms with Crippen LogP contribution in [0.4, 0.5) is 11.5 Å². The summed E-state index contributed by atoms with van der Waals surface area (Å²) < 4.78 is 5.26. The zero-order valence-corrected chi connectivity index (χ0v) is 10.1. The SMILES string of the molecule is Cc1nc(Cl)nc(N2CCOC(C#N)C2)c1N. The highest BCUT2D eigenvalue weighted by atomic mass is 35.5. The molecule has 2 heterocycles. The van der Waals surface area contributed by atoms with Crippen LogP contribution in [0.15, 0.2) is 0 Å². The minimum atomic E-state index is -0.461. The normalized spacial score (nSPS) is 20.1. The van der Waals surface area contributed by atoms with Crippen molar-refractivity contribution in [2.24, 2.45) is 0 Å². The second-order valence-electron chi connectivity index (χ2n) is 3.75. The smallest absolute Gasteiger partial charge is 0.224 e. The van der Waals surface area contributed by atoms with E-state index in [0.717, 1.165) is 0 Å². The number of halogens is 1. The molecule has 2 rings (SSSR count). The summed E-state index contributed by atoms with van der Waals surface area (Å²) >= 11 is 5.81. The van der Waals surface area contributed by atoms with Crippen LogP contribution in [-0.4, -0.2) is 35.8 Å². The third-order valence-electron chi connectivity index (χ3n) is 2.60. The van der Waals surface area contributed by atoms with Gasteiger partial charge in [-0.2, -0.15) is 10.2 Å². The molecule has 1 saturated heterocycles. The van der Waals surface area contributed by atoms with Crippen LogP contribution < -0.4 is 10.6 Å². The number of rotatable bonds is 1. The Labute approximate surface area is 104 Å². The number of aromatic nitrogens is 2. The summed E-state index contributed by atoms with van der Waals surface area (Å²) in [5.74, 6) is 0.575. The first kappa shape index (κ1) is 11.9. The Morgan fingerprint density at radius 3 is 3.06 bits per heavy atom. The molecule has 2 N–H and O–H groups in total. The van der Waals surface area contributed by atoms with Gasteiger partial charge in [0.25, 0.3) is 0 Å². The van der Waals surface area contributed by atoms with Gasteiger partial charge in [-0.25, -0.2) is 4.98 Å². The van der Waals surface area contributed by atoms with Crippen LogP contribution in [0, 0.1) is 18.3 Å². The molecule has 0 bridgehead atoms. The van der Waals surface area contributed by atoms with Gasteiger partial charge in [0.05, 0.1) is 30.6 Å². The van der Waals surface area contributed by atoms with E-state index in [1.54, 1.807) is 6.92 Å². The monoisotopic (exact) mass is 253 g/mol. The van der Waals surface area contributed by atoms with Gasteiger partial charge in [0.15, 0.2) is 11.9 Å². The van der Waals surface area contributed by atoms with Crippen molar-refractivity contribution < 1.29 is 4.74 Å². The summed E-state index contributed by atoms with van der Waals surface area (Å²) in [4.78, 5) is 9.99. The highest BCUT2D eigenvalue weighted by Crippen LogP contribution is 2.26. The maximum Gasteiger partial charge on any atom is 0.224 e. The molecule has 6 nitrogen and oxygen atoms in total. The molecular formula is C10H12ClN5O. The van der Waals surface area contributed by atoms with E-state index in [-0.39, 0.29) is 5.28 Å². The third-order valence-corrected chi connectivity index (χ3v) is 2.77. The first-order chi connectivity index (χ1) is 8.11. The second kappa shape index (κ2) is 4.73. The average Bonchev–Trinajstić information content (AvgIpc) is 2.34. The predicted octanol–water partition coefficient (Wildman–Crippen LogP) is 0.749. The summed E-state index contributed by atoms with van der Waals surface area (Å²) in [6.07, 6.45) is -0.461. The molecule has 17 heavy (non-hydrogen) atoms. The number of hydrogen-bond acceptors (Lipinski definition) is 6. The molecule has 1 aromatic heterocycles. The number of nitrogen functional groups attached to an aromatic ring is 1. The molecular weight excluding hydrogens is 242 g/mol. The van der Waals surface area contributed by atoms with E-state index in [2.05, 4.69) is 16.0 Å². The highest BCUT2D eigenvalue weighted by molar-refractivity contribution is 6.28.